The van der Waals surface area contributed by atoms with Crippen LogP contribution in [-0.2, 0) is 19.2 Å². The van der Waals surface area contributed by atoms with Crippen molar-refractivity contribution in [2.75, 3.05) is 13.1 Å². The summed E-state index contributed by atoms with van der Waals surface area (Å²) >= 11 is 0. The van der Waals surface area contributed by atoms with Crippen molar-refractivity contribution < 1.29 is 24.3 Å². The zero-order valence-corrected chi connectivity index (χ0v) is 18.3. The van der Waals surface area contributed by atoms with Crippen LogP contribution in [0, 0.1) is 5.92 Å². The molecule has 31 heavy (non-hydrogen) atoms. The van der Waals surface area contributed by atoms with Crippen molar-refractivity contribution in [3.63, 3.8) is 0 Å². The van der Waals surface area contributed by atoms with Gasteiger partial charge in [-0.3, -0.25) is 19.4 Å². The molecule has 12 heteroatoms. The van der Waals surface area contributed by atoms with Gasteiger partial charge in [0.2, 0.25) is 17.7 Å². The van der Waals surface area contributed by atoms with E-state index in [2.05, 4.69) is 15.6 Å². The first-order valence-electron chi connectivity index (χ1n) is 10.4. The topological polar surface area (TPSA) is 206 Å². The number of aliphatic imine (C=N–C) groups is 1. The van der Waals surface area contributed by atoms with Gasteiger partial charge in [-0.05, 0) is 38.5 Å². The molecule has 0 aromatic rings. The van der Waals surface area contributed by atoms with Crippen LogP contribution in [0.1, 0.15) is 46.5 Å². The molecular weight excluding hydrogens is 406 g/mol. The normalized spacial score (nSPS) is 18.7. The van der Waals surface area contributed by atoms with E-state index >= 15 is 0 Å². The number of likely N-dealkylation sites (tertiary alicyclic amines) is 1. The van der Waals surface area contributed by atoms with E-state index in [1.165, 1.54) is 11.8 Å². The number of hydrogen-bond donors (Lipinski definition) is 6. The number of carboxylic acid groups (broad SMARTS) is 1. The Bertz CT molecular complexity index is 693. The van der Waals surface area contributed by atoms with Gasteiger partial charge in [0.25, 0.3) is 0 Å². The van der Waals surface area contributed by atoms with Crippen molar-refractivity contribution in [2.24, 2.45) is 28.1 Å². The number of hydrogen-bond acceptors (Lipinski definition) is 6. The Morgan fingerprint density at radius 3 is 2.32 bits per heavy atom. The third-order valence-corrected chi connectivity index (χ3v) is 5.10. The number of amides is 3. The molecule has 1 aliphatic rings. The van der Waals surface area contributed by atoms with Gasteiger partial charge in [-0.2, -0.15) is 0 Å². The fraction of sp³-hybridized carbons (Fsp3) is 0.737. The second-order valence-electron chi connectivity index (χ2n) is 8.04. The largest absolute Gasteiger partial charge is 0.480 e. The number of carboxylic acids is 1. The van der Waals surface area contributed by atoms with Crippen LogP contribution in [0.5, 0.6) is 0 Å². The van der Waals surface area contributed by atoms with Crippen LogP contribution in [0.2, 0.25) is 0 Å². The molecule has 3 amide bonds. The molecule has 1 fully saturated rings. The lowest BCUT2D eigenvalue weighted by Crippen LogP contribution is -2.57. The Morgan fingerprint density at radius 2 is 1.77 bits per heavy atom. The van der Waals surface area contributed by atoms with Crippen molar-refractivity contribution in [3.05, 3.63) is 0 Å². The van der Waals surface area contributed by atoms with Crippen LogP contribution in [0.4, 0.5) is 0 Å². The van der Waals surface area contributed by atoms with Gasteiger partial charge in [-0.1, -0.05) is 13.8 Å². The molecule has 0 saturated carbocycles. The summed E-state index contributed by atoms with van der Waals surface area (Å²) in [5.41, 5.74) is 16.4. The Balaban J connectivity index is 2.66. The van der Waals surface area contributed by atoms with Crippen molar-refractivity contribution >= 4 is 29.7 Å². The van der Waals surface area contributed by atoms with Gasteiger partial charge < -0.3 is 37.8 Å². The number of aliphatic carboxylic acids is 1. The van der Waals surface area contributed by atoms with Gasteiger partial charge in [0.1, 0.15) is 18.1 Å². The Kier molecular flexibility index (Phi) is 10.2. The summed E-state index contributed by atoms with van der Waals surface area (Å²) in [6.45, 7) is 5.66. The molecule has 4 unspecified atom stereocenters. The molecule has 0 aromatic heterocycles. The highest BCUT2D eigenvalue weighted by molar-refractivity contribution is 5.94. The summed E-state index contributed by atoms with van der Waals surface area (Å²) in [6, 6.07) is -3.56. The lowest BCUT2D eigenvalue weighted by Gasteiger charge is -2.28. The van der Waals surface area contributed by atoms with E-state index in [-0.39, 0.29) is 11.9 Å². The van der Waals surface area contributed by atoms with Crippen molar-refractivity contribution in [1.29, 1.82) is 0 Å². The standard InChI is InChI=1S/C19H35N7O5/c1-10(2)14(25-15(27)12(20)6-4-8-23-19(21)22)16(28)24-11(3)17(29)26-9-5-7-13(26)18(30)31/h10-14H,4-9,20H2,1-3H3,(H,24,28)(H,25,27)(H,30,31)(H4,21,22,23). The molecule has 4 atom stereocenters. The van der Waals surface area contributed by atoms with Crippen LogP contribution < -0.4 is 27.8 Å². The number of carbonyl (C=O) groups excluding carboxylic acids is 3. The van der Waals surface area contributed by atoms with Crippen molar-refractivity contribution in [1.82, 2.24) is 15.5 Å². The summed E-state index contributed by atoms with van der Waals surface area (Å²) < 4.78 is 0. The van der Waals surface area contributed by atoms with E-state index < -0.39 is 47.9 Å². The summed E-state index contributed by atoms with van der Waals surface area (Å²) in [7, 11) is 0. The minimum absolute atomic E-state index is 0.0400. The Morgan fingerprint density at radius 1 is 1.13 bits per heavy atom. The van der Waals surface area contributed by atoms with Gasteiger partial charge in [-0.25, -0.2) is 4.79 Å². The molecule has 0 aromatic carbocycles. The minimum atomic E-state index is -1.06. The second kappa shape index (κ2) is 12.1. The first-order chi connectivity index (χ1) is 14.5. The summed E-state index contributed by atoms with van der Waals surface area (Å²) in [6.07, 6.45) is 1.80. The van der Waals surface area contributed by atoms with E-state index in [1.807, 2.05) is 0 Å². The van der Waals surface area contributed by atoms with Gasteiger partial charge >= 0.3 is 5.97 Å². The first kappa shape index (κ1) is 26.1. The third kappa shape index (κ3) is 8.04. The molecule has 9 N–H and O–H groups in total. The molecule has 0 aliphatic carbocycles. The second-order valence-corrected chi connectivity index (χ2v) is 8.04. The molecule has 1 saturated heterocycles. The molecule has 0 radical (unpaired) electrons. The third-order valence-electron chi connectivity index (χ3n) is 5.10. The van der Waals surface area contributed by atoms with E-state index in [0.717, 1.165) is 0 Å². The van der Waals surface area contributed by atoms with E-state index in [4.69, 9.17) is 17.2 Å². The van der Waals surface area contributed by atoms with Crippen molar-refractivity contribution in [2.45, 2.75) is 70.6 Å². The van der Waals surface area contributed by atoms with Crippen LogP contribution in [-0.4, -0.2) is 76.9 Å². The number of nitrogens with one attached hydrogen (secondary N) is 2. The predicted molar refractivity (Wildman–Crippen MR) is 115 cm³/mol. The van der Waals surface area contributed by atoms with Crippen LogP contribution in [0.3, 0.4) is 0 Å². The number of nitrogens with zero attached hydrogens (tertiary/aromatic N) is 2. The monoisotopic (exact) mass is 441 g/mol. The zero-order chi connectivity index (χ0) is 23.7. The SMILES string of the molecule is CC(NC(=O)C(NC(=O)C(N)CCCN=C(N)N)C(C)C)C(=O)N1CCCC1C(=O)O. The van der Waals surface area contributed by atoms with E-state index in [1.54, 1.807) is 13.8 Å². The number of nitrogens with two attached hydrogens (primary N) is 3. The highest BCUT2D eigenvalue weighted by Crippen LogP contribution is 2.18. The quantitative estimate of drug-likeness (QED) is 0.121. The molecule has 1 rings (SSSR count). The molecule has 12 nitrogen and oxygen atoms in total. The summed E-state index contributed by atoms with van der Waals surface area (Å²) in [5.74, 6) is -2.87. The molecule has 0 bridgehead atoms. The fourth-order valence-electron chi connectivity index (χ4n) is 3.35. The maximum absolute atomic E-state index is 12.7. The lowest BCUT2D eigenvalue weighted by atomic mass is 10.0. The zero-order valence-electron chi connectivity index (χ0n) is 18.3. The minimum Gasteiger partial charge on any atom is -0.480 e. The average molecular weight is 442 g/mol. The predicted octanol–water partition coefficient (Wildman–Crippen LogP) is -1.91. The fourth-order valence-corrected chi connectivity index (χ4v) is 3.35. The van der Waals surface area contributed by atoms with E-state index in [0.29, 0.717) is 38.8 Å². The van der Waals surface area contributed by atoms with Gasteiger partial charge in [0, 0.05) is 13.1 Å². The highest BCUT2D eigenvalue weighted by atomic mass is 16.4. The maximum Gasteiger partial charge on any atom is 0.326 e. The average Bonchev–Trinajstić information content (AvgIpc) is 3.17. The van der Waals surface area contributed by atoms with Crippen LogP contribution >= 0.6 is 0 Å². The number of guanidine groups is 1. The smallest absolute Gasteiger partial charge is 0.326 e. The molecular formula is C19H35N7O5. The molecule has 176 valence electrons. The Labute approximate surface area is 182 Å². The van der Waals surface area contributed by atoms with Gasteiger partial charge in [0.15, 0.2) is 5.96 Å². The summed E-state index contributed by atoms with van der Waals surface area (Å²) in [5, 5.41) is 14.5. The maximum atomic E-state index is 12.7. The van der Waals surface area contributed by atoms with Gasteiger partial charge in [-0.15, -0.1) is 0 Å². The Hall–Kier alpha value is -2.89. The number of carbonyl (C=O) groups is 4. The highest BCUT2D eigenvalue weighted by Gasteiger charge is 2.37. The molecule has 0 spiro atoms. The van der Waals surface area contributed by atoms with Crippen molar-refractivity contribution in [3.8, 4) is 0 Å². The van der Waals surface area contributed by atoms with Crippen LogP contribution in [0.15, 0.2) is 4.99 Å². The summed E-state index contributed by atoms with van der Waals surface area (Å²) in [4.78, 5) is 54.1. The van der Waals surface area contributed by atoms with E-state index in [9.17, 15) is 24.3 Å². The van der Waals surface area contributed by atoms with Crippen LogP contribution in [0.25, 0.3) is 0 Å². The lowest BCUT2D eigenvalue weighted by molar-refractivity contribution is -0.149. The number of rotatable bonds is 11. The first-order valence-corrected chi connectivity index (χ1v) is 10.4. The molecule has 1 aliphatic heterocycles. The van der Waals surface area contributed by atoms with Gasteiger partial charge in [0.05, 0.1) is 6.04 Å². The molecule has 1 heterocycles.